The van der Waals surface area contributed by atoms with Crippen LogP contribution in [-0.4, -0.2) is 44.1 Å². The van der Waals surface area contributed by atoms with Gasteiger partial charge in [0, 0.05) is 19.3 Å². The van der Waals surface area contributed by atoms with Gasteiger partial charge in [-0.2, -0.15) is 0 Å². The van der Waals surface area contributed by atoms with Crippen molar-refractivity contribution in [3.05, 3.63) is 60.0 Å². The summed E-state index contributed by atoms with van der Waals surface area (Å²) < 4.78 is 5.90. The first-order chi connectivity index (χ1) is 13.2. The fourth-order valence-electron chi connectivity index (χ4n) is 3.40. The highest BCUT2D eigenvalue weighted by atomic mass is 16.4. The normalized spacial score (nSPS) is 17.1. The van der Waals surface area contributed by atoms with Gasteiger partial charge in [0.1, 0.15) is 6.33 Å². The predicted molar refractivity (Wildman–Crippen MR) is 98.8 cm³/mol. The van der Waals surface area contributed by atoms with Crippen LogP contribution in [0.3, 0.4) is 0 Å². The van der Waals surface area contributed by atoms with Crippen LogP contribution in [0.15, 0.2) is 47.3 Å². The summed E-state index contributed by atoms with van der Waals surface area (Å²) in [5.74, 6) is 1.20. The molecule has 7 nitrogen and oxygen atoms in total. The van der Waals surface area contributed by atoms with Crippen LogP contribution in [0.1, 0.15) is 35.9 Å². The van der Waals surface area contributed by atoms with Gasteiger partial charge in [0.2, 0.25) is 11.8 Å². The van der Waals surface area contributed by atoms with Gasteiger partial charge in [0.15, 0.2) is 0 Å². The lowest BCUT2D eigenvalue weighted by atomic mass is 9.97. The zero-order chi connectivity index (χ0) is 18.6. The molecule has 0 unspecified atom stereocenters. The van der Waals surface area contributed by atoms with Gasteiger partial charge in [-0.3, -0.25) is 4.79 Å². The Morgan fingerprint density at radius 1 is 1.26 bits per heavy atom. The number of hydrogen-bond donors (Lipinski definition) is 0. The van der Waals surface area contributed by atoms with E-state index in [4.69, 9.17) is 4.42 Å². The lowest BCUT2D eigenvalue weighted by molar-refractivity contribution is -0.131. The number of rotatable bonds is 4. The molecular weight excluding hydrogens is 342 g/mol. The maximum absolute atomic E-state index is 12.7. The first kappa shape index (κ1) is 17.3. The van der Waals surface area contributed by atoms with E-state index in [1.54, 1.807) is 6.20 Å². The van der Waals surface area contributed by atoms with Gasteiger partial charge in [-0.1, -0.05) is 30.3 Å². The van der Waals surface area contributed by atoms with Gasteiger partial charge in [-0.05, 0) is 25.3 Å². The van der Waals surface area contributed by atoms with Gasteiger partial charge >= 0.3 is 0 Å². The molecule has 0 saturated carbocycles. The van der Waals surface area contributed by atoms with E-state index < -0.39 is 0 Å². The molecule has 1 fully saturated rings. The molecule has 0 spiro atoms. The molecule has 0 N–H and O–H groups in total. The standard InChI is InChI=1S/C20H21N5O2/c1-14-17(11-21-13-22-14)20-24-23-19(27-20)16-8-5-9-25(12-16)18(26)10-15-6-3-2-4-7-15/h2-4,6-7,11,13,16H,5,8-10,12H2,1H3/t16-/m0/s1. The van der Waals surface area contributed by atoms with Gasteiger partial charge in [-0.25, -0.2) is 9.97 Å². The largest absolute Gasteiger partial charge is 0.420 e. The topological polar surface area (TPSA) is 85.0 Å². The Balaban J connectivity index is 1.46. The van der Waals surface area contributed by atoms with Crippen LogP contribution >= 0.6 is 0 Å². The average molecular weight is 363 g/mol. The number of nitrogens with zero attached hydrogens (tertiary/aromatic N) is 5. The molecular formula is C20H21N5O2. The summed E-state index contributed by atoms with van der Waals surface area (Å²) in [6.45, 7) is 3.26. The second kappa shape index (κ2) is 7.65. The molecule has 4 rings (SSSR count). The number of carbonyl (C=O) groups excluding carboxylic acids is 1. The van der Waals surface area contributed by atoms with Crippen molar-refractivity contribution in [3.8, 4) is 11.5 Å². The summed E-state index contributed by atoms with van der Waals surface area (Å²) in [5, 5.41) is 8.38. The monoisotopic (exact) mass is 363 g/mol. The minimum absolute atomic E-state index is 0.0599. The van der Waals surface area contributed by atoms with E-state index in [9.17, 15) is 4.79 Å². The highest BCUT2D eigenvalue weighted by Crippen LogP contribution is 2.29. The zero-order valence-corrected chi connectivity index (χ0v) is 15.2. The molecule has 3 heterocycles. The Kier molecular flexibility index (Phi) is 4.91. The quantitative estimate of drug-likeness (QED) is 0.709. The molecule has 0 radical (unpaired) electrons. The minimum Gasteiger partial charge on any atom is -0.420 e. The van der Waals surface area contributed by atoms with Crippen molar-refractivity contribution in [2.75, 3.05) is 13.1 Å². The highest BCUT2D eigenvalue weighted by Gasteiger charge is 2.28. The third-order valence-corrected chi connectivity index (χ3v) is 4.90. The molecule has 2 aromatic heterocycles. The summed E-state index contributed by atoms with van der Waals surface area (Å²) in [7, 11) is 0. The Morgan fingerprint density at radius 3 is 2.93 bits per heavy atom. The fraction of sp³-hybridized carbons (Fsp3) is 0.350. The van der Waals surface area contributed by atoms with Crippen LogP contribution in [-0.2, 0) is 11.2 Å². The zero-order valence-electron chi connectivity index (χ0n) is 15.2. The molecule has 138 valence electrons. The number of piperidine rings is 1. The molecule has 27 heavy (non-hydrogen) atoms. The van der Waals surface area contributed by atoms with E-state index in [0.29, 0.717) is 24.7 Å². The van der Waals surface area contributed by atoms with Crippen molar-refractivity contribution < 1.29 is 9.21 Å². The molecule has 1 aliphatic rings. The lowest BCUT2D eigenvalue weighted by Gasteiger charge is -2.31. The number of aromatic nitrogens is 4. The average Bonchev–Trinajstić information content (AvgIpc) is 3.19. The van der Waals surface area contributed by atoms with E-state index in [1.807, 2.05) is 42.2 Å². The van der Waals surface area contributed by atoms with E-state index in [-0.39, 0.29) is 11.8 Å². The van der Waals surface area contributed by atoms with Crippen molar-refractivity contribution in [1.29, 1.82) is 0 Å². The molecule has 1 amide bonds. The Hall–Kier alpha value is -3.09. The molecule has 1 atom stereocenters. The van der Waals surface area contributed by atoms with Crippen molar-refractivity contribution in [1.82, 2.24) is 25.1 Å². The van der Waals surface area contributed by atoms with Gasteiger partial charge in [0.05, 0.1) is 23.6 Å². The first-order valence-corrected chi connectivity index (χ1v) is 9.13. The van der Waals surface area contributed by atoms with Crippen LogP contribution in [0.4, 0.5) is 0 Å². The van der Waals surface area contributed by atoms with E-state index in [0.717, 1.165) is 36.2 Å². The van der Waals surface area contributed by atoms with Gasteiger partial charge in [-0.15, -0.1) is 10.2 Å². The second-order valence-electron chi connectivity index (χ2n) is 6.81. The number of aryl methyl sites for hydroxylation is 1. The number of benzene rings is 1. The Morgan fingerprint density at radius 2 is 2.11 bits per heavy atom. The summed E-state index contributed by atoms with van der Waals surface area (Å²) in [4.78, 5) is 22.8. The SMILES string of the molecule is Cc1ncncc1-c1nnc([C@H]2CCCN(C(=O)Cc3ccccc3)C2)o1. The second-order valence-corrected chi connectivity index (χ2v) is 6.81. The van der Waals surface area contributed by atoms with Gasteiger partial charge < -0.3 is 9.32 Å². The van der Waals surface area contributed by atoms with Crippen molar-refractivity contribution >= 4 is 5.91 Å². The molecule has 7 heteroatoms. The molecule has 1 aromatic carbocycles. The van der Waals surface area contributed by atoms with E-state index in [1.165, 1.54) is 6.33 Å². The lowest BCUT2D eigenvalue weighted by Crippen LogP contribution is -2.40. The molecule has 0 aliphatic carbocycles. The number of likely N-dealkylation sites (tertiary alicyclic amines) is 1. The Labute approximate surface area is 157 Å². The predicted octanol–water partition coefficient (Wildman–Crippen LogP) is 2.78. The number of amides is 1. The van der Waals surface area contributed by atoms with E-state index in [2.05, 4.69) is 20.2 Å². The van der Waals surface area contributed by atoms with Gasteiger partial charge in [0.25, 0.3) is 5.89 Å². The molecule has 1 saturated heterocycles. The number of hydrogen-bond acceptors (Lipinski definition) is 6. The summed E-state index contributed by atoms with van der Waals surface area (Å²) in [5.41, 5.74) is 2.57. The van der Waals surface area contributed by atoms with Crippen LogP contribution in [0.25, 0.3) is 11.5 Å². The van der Waals surface area contributed by atoms with Crippen LogP contribution in [0.5, 0.6) is 0 Å². The maximum atomic E-state index is 12.7. The van der Waals surface area contributed by atoms with Crippen LogP contribution in [0.2, 0.25) is 0 Å². The third-order valence-electron chi connectivity index (χ3n) is 4.90. The van der Waals surface area contributed by atoms with Crippen molar-refractivity contribution in [2.24, 2.45) is 0 Å². The molecule has 0 bridgehead atoms. The van der Waals surface area contributed by atoms with Crippen molar-refractivity contribution in [3.63, 3.8) is 0 Å². The highest BCUT2D eigenvalue weighted by molar-refractivity contribution is 5.79. The summed E-state index contributed by atoms with van der Waals surface area (Å²) in [6.07, 6.45) is 5.45. The number of carbonyl (C=O) groups is 1. The molecule has 3 aromatic rings. The first-order valence-electron chi connectivity index (χ1n) is 9.13. The fourth-order valence-corrected chi connectivity index (χ4v) is 3.40. The van der Waals surface area contributed by atoms with Crippen LogP contribution in [0, 0.1) is 6.92 Å². The van der Waals surface area contributed by atoms with E-state index >= 15 is 0 Å². The van der Waals surface area contributed by atoms with Crippen LogP contribution < -0.4 is 0 Å². The minimum atomic E-state index is 0.0599. The third kappa shape index (κ3) is 3.86. The maximum Gasteiger partial charge on any atom is 0.251 e. The Bertz CT molecular complexity index is 925. The summed E-state index contributed by atoms with van der Waals surface area (Å²) >= 11 is 0. The van der Waals surface area contributed by atoms with Crippen molar-refractivity contribution in [2.45, 2.75) is 32.1 Å². The summed E-state index contributed by atoms with van der Waals surface area (Å²) in [6, 6.07) is 9.83. The molecule has 1 aliphatic heterocycles. The smallest absolute Gasteiger partial charge is 0.251 e.